The molecule has 144 valence electrons. The Bertz CT molecular complexity index is 964. The van der Waals surface area contributed by atoms with Crippen LogP contribution >= 0.6 is 0 Å². The second-order valence-corrected chi connectivity index (χ2v) is 6.75. The summed E-state index contributed by atoms with van der Waals surface area (Å²) in [6, 6.07) is 15.3. The van der Waals surface area contributed by atoms with Crippen molar-refractivity contribution in [2.45, 2.75) is 27.3 Å². The van der Waals surface area contributed by atoms with Gasteiger partial charge in [0.2, 0.25) is 5.95 Å². The van der Waals surface area contributed by atoms with Crippen molar-refractivity contribution in [1.29, 1.82) is 0 Å². The zero-order valence-electron chi connectivity index (χ0n) is 16.5. The van der Waals surface area contributed by atoms with Crippen molar-refractivity contribution in [3.05, 3.63) is 76.6 Å². The number of nitrogens with one attached hydrogen (secondary N) is 2. The van der Waals surface area contributed by atoms with E-state index in [2.05, 4.69) is 26.7 Å². The van der Waals surface area contributed by atoms with E-state index in [4.69, 9.17) is 4.74 Å². The van der Waals surface area contributed by atoms with Gasteiger partial charge in [0.15, 0.2) is 0 Å². The van der Waals surface area contributed by atoms with Gasteiger partial charge in [0.1, 0.15) is 11.4 Å². The quantitative estimate of drug-likeness (QED) is 0.672. The van der Waals surface area contributed by atoms with Crippen molar-refractivity contribution in [1.82, 2.24) is 9.97 Å². The largest absolute Gasteiger partial charge is 0.497 e. The van der Waals surface area contributed by atoms with Gasteiger partial charge >= 0.3 is 0 Å². The predicted octanol–water partition coefficient (Wildman–Crippen LogP) is 4.27. The average Bonchev–Trinajstić information content (AvgIpc) is 2.65. The van der Waals surface area contributed by atoms with Gasteiger partial charge in [-0.1, -0.05) is 18.2 Å². The van der Waals surface area contributed by atoms with E-state index in [9.17, 15) is 4.79 Å². The maximum Gasteiger partial charge on any atom is 0.274 e. The van der Waals surface area contributed by atoms with Crippen LogP contribution < -0.4 is 15.4 Å². The second kappa shape index (κ2) is 8.52. The van der Waals surface area contributed by atoms with Gasteiger partial charge in [0.05, 0.1) is 7.11 Å². The number of anilines is 2. The fourth-order valence-corrected chi connectivity index (χ4v) is 2.93. The summed E-state index contributed by atoms with van der Waals surface area (Å²) >= 11 is 0. The average molecular weight is 376 g/mol. The standard InChI is InChI=1S/C22H24N4O2/c1-14-9-15(2)11-18(10-14)25-21(27)20-12-16(3)24-22(26-20)23-13-17-5-7-19(28-4)8-6-17/h5-12H,13H2,1-4H3,(H,25,27)(H,23,24,26). The number of hydrogen-bond donors (Lipinski definition) is 2. The molecule has 1 amide bonds. The molecule has 0 fully saturated rings. The van der Waals surface area contributed by atoms with Crippen molar-refractivity contribution in [2.75, 3.05) is 17.7 Å². The van der Waals surface area contributed by atoms with E-state index in [0.717, 1.165) is 33.8 Å². The van der Waals surface area contributed by atoms with Crippen LogP contribution in [0.15, 0.2) is 48.5 Å². The van der Waals surface area contributed by atoms with Crippen molar-refractivity contribution >= 4 is 17.5 Å². The number of aromatic nitrogens is 2. The molecule has 1 aromatic heterocycles. The number of ether oxygens (including phenoxy) is 1. The maximum absolute atomic E-state index is 12.6. The molecule has 2 aromatic carbocycles. The Labute approximate surface area is 165 Å². The first-order valence-electron chi connectivity index (χ1n) is 9.05. The molecule has 0 radical (unpaired) electrons. The number of benzene rings is 2. The summed E-state index contributed by atoms with van der Waals surface area (Å²) in [6.07, 6.45) is 0. The molecule has 1 heterocycles. The third-order valence-corrected chi connectivity index (χ3v) is 4.18. The van der Waals surface area contributed by atoms with Gasteiger partial charge in [0.25, 0.3) is 5.91 Å². The fourth-order valence-electron chi connectivity index (χ4n) is 2.93. The fraction of sp³-hybridized carbons (Fsp3) is 0.227. The van der Waals surface area contributed by atoms with E-state index >= 15 is 0 Å². The Balaban J connectivity index is 1.71. The number of hydrogen-bond acceptors (Lipinski definition) is 5. The number of methoxy groups -OCH3 is 1. The Morgan fingerprint density at radius 2 is 1.64 bits per heavy atom. The number of carbonyl (C=O) groups is 1. The Morgan fingerprint density at radius 1 is 0.964 bits per heavy atom. The van der Waals surface area contributed by atoms with E-state index < -0.39 is 0 Å². The highest BCUT2D eigenvalue weighted by molar-refractivity contribution is 6.03. The number of carbonyl (C=O) groups excluding carboxylic acids is 1. The number of nitrogens with zero attached hydrogens (tertiary/aromatic N) is 2. The molecule has 0 bridgehead atoms. The van der Waals surface area contributed by atoms with Gasteiger partial charge in [-0.2, -0.15) is 0 Å². The molecule has 0 saturated heterocycles. The summed E-state index contributed by atoms with van der Waals surface area (Å²) < 4.78 is 5.16. The van der Waals surface area contributed by atoms with Gasteiger partial charge in [-0.15, -0.1) is 0 Å². The molecule has 6 heteroatoms. The van der Waals surface area contributed by atoms with Crippen LogP contribution in [0.5, 0.6) is 5.75 Å². The van der Waals surface area contributed by atoms with Crippen molar-refractivity contribution in [2.24, 2.45) is 0 Å². The highest BCUT2D eigenvalue weighted by atomic mass is 16.5. The predicted molar refractivity (Wildman–Crippen MR) is 111 cm³/mol. The van der Waals surface area contributed by atoms with Crippen LogP contribution in [-0.4, -0.2) is 23.0 Å². The molecule has 0 spiro atoms. The first-order chi connectivity index (χ1) is 13.4. The number of aryl methyl sites for hydroxylation is 3. The van der Waals surface area contributed by atoms with Crippen LogP contribution in [0.1, 0.15) is 32.9 Å². The summed E-state index contributed by atoms with van der Waals surface area (Å²) in [6.45, 7) is 6.39. The van der Waals surface area contributed by atoms with Gasteiger partial charge < -0.3 is 15.4 Å². The lowest BCUT2D eigenvalue weighted by molar-refractivity contribution is 0.102. The van der Waals surface area contributed by atoms with Crippen molar-refractivity contribution in [3.63, 3.8) is 0 Å². The van der Waals surface area contributed by atoms with Crippen LogP contribution in [0, 0.1) is 20.8 Å². The summed E-state index contributed by atoms with van der Waals surface area (Å²) in [5, 5.41) is 6.08. The Kier molecular flexibility index (Phi) is 5.89. The molecule has 0 unspecified atom stereocenters. The minimum atomic E-state index is -0.261. The first-order valence-corrected chi connectivity index (χ1v) is 9.05. The summed E-state index contributed by atoms with van der Waals surface area (Å²) in [4.78, 5) is 21.4. The van der Waals surface area contributed by atoms with Crippen LogP contribution in [0.2, 0.25) is 0 Å². The van der Waals surface area contributed by atoms with Crippen LogP contribution in [-0.2, 0) is 6.54 Å². The highest BCUT2D eigenvalue weighted by Gasteiger charge is 2.11. The van der Waals surface area contributed by atoms with Crippen molar-refractivity contribution < 1.29 is 9.53 Å². The summed E-state index contributed by atoms with van der Waals surface area (Å²) in [7, 11) is 1.64. The van der Waals surface area contributed by atoms with Gasteiger partial charge in [-0.05, 0) is 67.8 Å². The first kappa shape index (κ1) is 19.4. The van der Waals surface area contributed by atoms with E-state index in [1.54, 1.807) is 13.2 Å². The molecule has 3 rings (SSSR count). The summed E-state index contributed by atoms with van der Waals surface area (Å²) in [5.41, 5.74) is 5.05. The molecule has 0 aliphatic heterocycles. The summed E-state index contributed by atoms with van der Waals surface area (Å²) in [5.74, 6) is 0.963. The molecular formula is C22H24N4O2. The van der Waals surface area contributed by atoms with E-state index in [1.807, 2.05) is 57.2 Å². The smallest absolute Gasteiger partial charge is 0.274 e. The third-order valence-electron chi connectivity index (χ3n) is 4.18. The second-order valence-electron chi connectivity index (χ2n) is 6.75. The molecule has 3 aromatic rings. The monoisotopic (exact) mass is 376 g/mol. The topological polar surface area (TPSA) is 76.1 Å². The molecule has 6 nitrogen and oxygen atoms in total. The zero-order valence-corrected chi connectivity index (χ0v) is 16.5. The van der Waals surface area contributed by atoms with E-state index in [-0.39, 0.29) is 5.91 Å². The molecule has 0 aliphatic carbocycles. The van der Waals surface area contributed by atoms with Crippen LogP contribution in [0.25, 0.3) is 0 Å². The Morgan fingerprint density at radius 3 is 2.29 bits per heavy atom. The lowest BCUT2D eigenvalue weighted by atomic mass is 10.1. The van der Waals surface area contributed by atoms with Gasteiger partial charge in [0, 0.05) is 17.9 Å². The van der Waals surface area contributed by atoms with E-state index in [0.29, 0.717) is 18.2 Å². The third kappa shape index (κ3) is 5.07. The van der Waals surface area contributed by atoms with Gasteiger partial charge in [-0.25, -0.2) is 9.97 Å². The van der Waals surface area contributed by atoms with E-state index in [1.165, 1.54) is 0 Å². The number of amides is 1. The molecule has 28 heavy (non-hydrogen) atoms. The van der Waals surface area contributed by atoms with Crippen LogP contribution in [0.4, 0.5) is 11.6 Å². The molecule has 0 atom stereocenters. The van der Waals surface area contributed by atoms with Gasteiger partial charge in [-0.3, -0.25) is 4.79 Å². The van der Waals surface area contributed by atoms with Crippen LogP contribution in [0.3, 0.4) is 0 Å². The lowest BCUT2D eigenvalue weighted by Crippen LogP contribution is -2.16. The minimum Gasteiger partial charge on any atom is -0.497 e. The maximum atomic E-state index is 12.6. The van der Waals surface area contributed by atoms with Crippen molar-refractivity contribution in [3.8, 4) is 5.75 Å². The SMILES string of the molecule is COc1ccc(CNc2nc(C)cc(C(=O)Nc3cc(C)cc(C)c3)n2)cc1. The normalized spacial score (nSPS) is 10.4. The number of rotatable bonds is 6. The highest BCUT2D eigenvalue weighted by Crippen LogP contribution is 2.16. The lowest BCUT2D eigenvalue weighted by Gasteiger charge is -2.10. The molecule has 0 aliphatic rings. The molecular weight excluding hydrogens is 352 g/mol. The Hall–Kier alpha value is -3.41. The minimum absolute atomic E-state index is 0.261. The molecule has 0 saturated carbocycles. The molecule has 2 N–H and O–H groups in total. The zero-order chi connectivity index (χ0) is 20.1.